The van der Waals surface area contributed by atoms with E-state index in [0.29, 0.717) is 17.9 Å². The van der Waals surface area contributed by atoms with E-state index in [-0.39, 0.29) is 24.1 Å². The molecule has 0 radical (unpaired) electrons. The van der Waals surface area contributed by atoms with Crippen LogP contribution in [-0.4, -0.2) is 15.7 Å². The third-order valence-electron chi connectivity index (χ3n) is 4.81. The van der Waals surface area contributed by atoms with Crippen LogP contribution in [0.1, 0.15) is 21.5 Å². The number of hydrogen-bond acceptors (Lipinski definition) is 3. The number of nitrogens with one attached hydrogen (secondary N) is 1. The number of amides is 1. The van der Waals surface area contributed by atoms with Crippen LogP contribution in [0.2, 0.25) is 0 Å². The Balaban J connectivity index is 1.36. The smallest absolute Gasteiger partial charge is 0.256 e. The molecular formula is C24H16F5N3O2. The zero-order valence-corrected chi connectivity index (χ0v) is 17.4. The van der Waals surface area contributed by atoms with E-state index in [2.05, 4.69) is 10.4 Å². The van der Waals surface area contributed by atoms with Gasteiger partial charge in [-0.05, 0) is 35.4 Å². The molecule has 0 spiro atoms. The average Bonchev–Trinajstić information content (AvgIpc) is 3.26. The normalized spacial score (nSPS) is 10.9. The highest BCUT2D eigenvalue weighted by Crippen LogP contribution is 2.27. The number of anilines is 1. The van der Waals surface area contributed by atoms with E-state index in [9.17, 15) is 26.7 Å². The highest BCUT2D eigenvalue weighted by Gasteiger charge is 2.20. The zero-order chi connectivity index (χ0) is 24.2. The van der Waals surface area contributed by atoms with Crippen molar-refractivity contribution in [3.05, 3.63) is 113 Å². The van der Waals surface area contributed by atoms with Crippen molar-refractivity contribution in [2.75, 3.05) is 5.32 Å². The summed E-state index contributed by atoms with van der Waals surface area (Å²) in [6.45, 7) is 0.00761. The summed E-state index contributed by atoms with van der Waals surface area (Å²) in [5.74, 6) is -8.04. The summed E-state index contributed by atoms with van der Waals surface area (Å²) >= 11 is 0. The molecule has 1 N–H and O–H groups in total. The third-order valence-corrected chi connectivity index (χ3v) is 4.81. The molecule has 0 unspecified atom stereocenters. The first-order chi connectivity index (χ1) is 16.3. The Morgan fingerprint density at radius 2 is 1.47 bits per heavy atom. The summed E-state index contributed by atoms with van der Waals surface area (Å²) < 4.78 is 73.4. The topological polar surface area (TPSA) is 56.2 Å². The van der Waals surface area contributed by atoms with Gasteiger partial charge in [-0.25, -0.2) is 13.2 Å². The van der Waals surface area contributed by atoms with Crippen LogP contribution in [0, 0.1) is 29.1 Å². The number of carbonyl (C=O) groups excluding carboxylic acids is 1. The molecule has 0 fully saturated rings. The van der Waals surface area contributed by atoms with Crippen molar-refractivity contribution >= 4 is 11.7 Å². The maximum absolute atomic E-state index is 13.7. The Labute approximate surface area is 190 Å². The van der Waals surface area contributed by atoms with E-state index >= 15 is 0 Å². The van der Waals surface area contributed by atoms with Crippen molar-refractivity contribution in [1.29, 1.82) is 0 Å². The van der Waals surface area contributed by atoms with Crippen molar-refractivity contribution in [2.45, 2.75) is 13.2 Å². The minimum Gasteiger partial charge on any atom is -0.483 e. The molecule has 5 nitrogen and oxygen atoms in total. The molecule has 1 amide bonds. The van der Waals surface area contributed by atoms with Crippen LogP contribution < -0.4 is 10.1 Å². The van der Waals surface area contributed by atoms with Gasteiger partial charge >= 0.3 is 0 Å². The van der Waals surface area contributed by atoms with E-state index in [1.807, 2.05) is 0 Å². The molecular weight excluding hydrogens is 457 g/mol. The van der Waals surface area contributed by atoms with Gasteiger partial charge in [-0.1, -0.05) is 24.3 Å². The van der Waals surface area contributed by atoms with E-state index < -0.39 is 34.9 Å². The average molecular weight is 473 g/mol. The zero-order valence-electron chi connectivity index (χ0n) is 17.4. The minimum atomic E-state index is -1.63. The molecule has 10 heteroatoms. The van der Waals surface area contributed by atoms with Crippen LogP contribution in [0.5, 0.6) is 5.75 Å². The van der Waals surface area contributed by atoms with Gasteiger partial charge in [0, 0.05) is 23.9 Å². The van der Waals surface area contributed by atoms with E-state index in [0.717, 1.165) is 5.56 Å². The van der Waals surface area contributed by atoms with Crippen molar-refractivity contribution in [3.8, 4) is 5.75 Å². The van der Waals surface area contributed by atoms with E-state index in [4.69, 9.17) is 4.74 Å². The molecule has 1 heterocycles. The number of carbonyl (C=O) groups is 1. The highest BCUT2D eigenvalue weighted by molar-refractivity contribution is 6.03. The molecule has 0 atom stereocenters. The lowest BCUT2D eigenvalue weighted by Crippen LogP contribution is -2.13. The predicted octanol–water partition coefficient (Wildman–Crippen LogP) is 5.46. The SMILES string of the molecule is O=C(Nc1ccn(Cc2ccc(F)cc2)n1)c1ccc(COc2c(F)c(F)cc(F)c2F)cc1. The molecule has 34 heavy (non-hydrogen) atoms. The van der Waals surface area contributed by atoms with Crippen LogP contribution in [0.4, 0.5) is 27.8 Å². The maximum Gasteiger partial charge on any atom is 0.256 e. The number of aromatic nitrogens is 2. The number of ether oxygens (including phenoxy) is 1. The van der Waals surface area contributed by atoms with Gasteiger partial charge in [0.25, 0.3) is 5.91 Å². The van der Waals surface area contributed by atoms with Gasteiger partial charge in [0.2, 0.25) is 11.6 Å². The number of hydrogen-bond donors (Lipinski definition) is 1. The molecule has 0 aliphatic carbocycles. The Hall–Kier alpha value is -4.21. The maximum atomic E-state index is 13.7. The number of halogens is 5. The molecule has 4 rings (SSSR count). The van der Waals surface area contributed by atoms with Crippen LogP contribution >= 0.6 is 0 Å². The van der Waals surface area contributed by atoms with E-state index in [1.54, 1.807) is 29.1 Å². The molecule has 0 saturated carbocycles. The summed E-state index contributed by atoms with van der Waals surface area (Å²) in [4.78, 5) is 12.5. The summed E-state index contributed by atoms with van der Waals surface area (Å²) in [5.41, 5.74) is 1.51. The Bertz CT molecular complexity index is 1300. The number of rotatable bonds is 7. The van der Waals surface area contributed by atoms with Gasteiger partial charge in [0.1, 0.15) is 12.4 Å². The molecule has 0 bridgehead atoms. The Kier molecular flexibility index (Phi) is 6.58. The lowest BCUT2D eigenvalue weighted by Gasteiger charge is -2.10. The summed E-state index contributed by atoms with van der Waals surface area (Å²) in [5, 5.41) is 6.88. The lowest BCUT2D eigenvalue weighted by atomic mass is 10.1. The first-order valence-corrected chi connectivity index (χ1v) is 9.94. The van der Waals surface area contributed by atoms with Crippen molar-refractivity contribution < 1.29 is 31.5 Å². The molecule has 0 aliphatic heterocycles. The largest absolute Gasteiger partial charge is 0.483 e. The van der Waals surface area contributed by atoms with Gasteiger partial charge in [0.15, 0.2) is 23.2 Å². The fraction of sp³-hybridized carbons (Fsp3) is 0.0833. The molecule has 174 valence electrons. The van der Waals surface area contributed by atoms with Crippen molar-refractivity contribution in [1.82, 2.24) is 9.78 Å². The third kappa shape index (κ3) is 5.22. The van der Waals surface area contributed by atoms with Crippen molar-refractivity contribution in [2.24, 2.45) is 0 Å². The molecule has 4 aromatic rings. The number of benzene rings is 3. The second-order valence-electron chi connectivity index (χ2n) is 7.26. The number of nitrogens with zero attached hydrogens (tertiary/aromatic N) is 2. The predicted molar refractivity (Wildman–Crippen MR) is 113 cm³/mol. The molecule has 0 aliphatic rings. The van der Waals surface area contributed by atoms with Gasteiger partial charge in [-0.3, -0.25) is 9.48 Å². The molecule has 1 aromatic heterocycles. The molecule has 3 aromatic carbocycles. The van der Waals surface area contributed by atoms with Crippen molar-refractivity contribution in [3.63, 3.8) is 0 Å². The highest BCUT2D eigenvalue weighted by atomic mass is 19.2. The Morgan fingerprint density at radius 3 is 2.12 bits per heavy atom. The monoisotopic (exact) mass is 473 g/mol. The molecule has 0 saturated heterocycles. The summed E-state index contributed by atoms with van der Waals surface area (Å²) in [6, 6.07) is 13.5. The van der Waals surface area contributed by atoms with Gasteiger partial charge in [-0.2, -0.15) is 13.9 Å². The summed E-state index contributed by atoms with van der Waals surface area (Å²) in [7, 11) is 0. The second-order valence-corrected chi connectivity index (χ2v) is 7.26. The fourth-order valence-electron chi connectivity index (χ4n) is 3.07. The quantitative estimate of drug-likeness (QED) is 0.287. The van der Waals surface area contributed by atoms with Gasteiger partial charge in [-0.15, -0.1) is 0 Å². The van der Waals surface area contributed by atoms with Gasteiger partial charge < -0.3 is 10.1 Å². The summed E-state index contributed by atoms with van der Waals surface area (Å²) in [6.07, 6.45) is 1.66. The fourth-order valence-corrected chi connectivity index (χ4v) is 3.07. The van der Waals surface area contributed by atoms with Crippen LogP contribution in [-0.2, 0) is 13.2 Å². The van der Waals surface area contributed by atoms with Gasteiger partial charge in [0.05, 0.1) is 6.54 Å². The first kappa shape index (κ1) is 23.0. The van der Waals surface area contributed by atoms with E-state index in [1.165, 1.54) is 36.4 Å². The second kappa shape index (κ2) is 9.74. The minimum absolute atomic E-state index is 0.0940. The van der Waals surface area contributed by atoms with Crippen LogP contribution in [0.25, 0.3) is 0 Å². The lowest BCUT2D eigenvalue weighted by molar-refractivity contribution is 0.102. The van der Waals surface area contributed by atoms with Crippen LogP contribution in [0.15, 0.2) is 66.9 Å². The van der Waals surface area contributed by atoms with Crippen LogP contribution in [0.3, 0.4) is 0 Å². The Morgan fingerprint density at radius 1 is 0.853 bits per heavy atom. The first-order valence-electron chi connectivity index (χ1n) is 9.94. The standard InChI is InChI=1S/C24H16F5N3O2/c25-17-7-3-14(4-8-17)12-32-10-9-20(31-32)30-24(33)16-5-1-15(2-6-16)13-34-23-21(28)18(26)11-19(27)22(23)29/h1-11H,12-13H2,(H,30,31,33).